The summed E-state index contributed by atoms with van der Waals surface area (Å²) in [5.41, 5.74) is 1.45. The molecule has 0 aliphatic rings. The summed E-state index contributed by atoms with van der Waals surface area (Å²) in [6, 6.07) is 9.85. The van der Waals surface area contributed by atoms with Gasteiger partial charge in [0, 0.05) is 0 Å². The second kappa shape index (κ2) is 5.60. The Morgan fingerprint density at radius 2 is 1.58 bits per heavy atom. The van der Waals surface area contributed by atoms with E-state index in [9.17, 15) is 8.42 Å². The highest BCUT2D eigenvalue weighted by atomic mass is 79.9. The first-order valence-corrected chi connectivity index (χ1v) is 8.36. The molecule has 1 N–H and O–H groups in total. The third kappa shape index (κ3) is 3.77. The van der Waals surface area contributed by atoms with Crippen LogP contribution in [0.25, 0.3) is 0 Å². The monoisotopic (exact) mass is 404 g/mol. The zero-order chi connectivity index (χ0) is 14.0. The molecule has 7 heteroatoms. The molecule has 1 aromatic carbocycles. The van der Waals surface area contributed by atoms with E-state index in [-0.39, 0.29) is 4.90 Å². The van der Waals surface area contributed by atoms with Crippen LogP contribution in [0.4, 0.5) is 5.69 Å². The lowest BCUT2D eigenvalue weighted by molar-refractivity contribution is 0.601. The van der Waals surface area contributed by atoms with E-state index in [1.54, 1.807) is 36.4 Å². The summed E-state index contributed by atoms with van der Waals surface area (Å²) in [7, 11) is -3.58. The quantitative estimate of drug-likeness (QED) is 0.791. The Morgan fingerprint density at radius 1 is 1.05 bits per heavy atom. The first-order valence-electron chi connectivity index (χ1n) is 5.29. The topological polar surface area (TPSA) is 59.1 Å². The number of sulfonamides is 1. The number of anilines is 1. The molecular formula is C12H10Br2N2O2S. The van der Waals surface area contributed by atoms with Crippen molar-refractivity contribution in [2.75, 3.05) is 4.72 Å². The molecule has 0 saturated carbocycles. The average molecular weight is 406 g/mol. The van der Waals surface area contributed by atoms with Crippen LogP contribution in [0, 0.1) is 6.92 Å². The van der Waals surface area contributed by atoms with Gasteiger partial charge in [0.2, 0.25) is 0 Å². The summed E-state index contributed by atoms with van der Waals surface area (Å²) in [6.07, 6.45) is 0. The Labute approximate surface area is 128 Å². The SMILES string of the molecule is Cc1ccc(S(=O)(=O)Nc2cc(Br)nc(Br)c2)cc1. The average Bonchev–Trinajstić information content (AvgIpc) is 2.27. The molecule has 1 aromatic heterocycles. The number of nitrogens with zero attached hydrogens (tertiary/aromatic N) is 1. The van der Waals surface area contributed by atoms with Gasteiger partial charge in [0.1, 0.15) is 9.21 Å². The van der Waals surface area contributed by atoms with E-state index in [2.05, 4.69) is 41.6 Å². The number of pyridine rings is 1. The lowest BCUT2D eigenvalue weighted by Gasteiger charge is -2.09. The minimum Gasteiger partial charge on any atom is -0.279 e. The molecule has 2 aromatic rings. The van der Waals surface area contributed by atoms with Gasteiger partial charge in [0.05, 0.1) is 10.6 Å². The fourth-order valence-electron chi connectivity index (χ4n) is 1.46. The van der Waals surface area contributed by atoms with E-state index in [1.807, 2.05) is 6.92 Å². The predicted octanol–water partition coefficient (Wildman–Crippen LogP) is 3.72. The molecule has 19 heavy (non-hydrogen) atoms. The highest BCUT2D eigenvalue weighted by Gasteiger charge is 2.14. The van der Waals surface area contributed by atoms with Gasteiger partial charge >= 0.3 is 0 Å². The van der Waals surface area contributed by atoms with Crippen molar-refractivity contribution in [3.8, 4) is 0 Å². The second-order valence-electron chi connectivity index (χ2n) is 3.92. The summed E-state index contributed by atoms with van der Waals surface area (Å²) in [5, 5.41) is 0. The van der Waals surface area contributed by atoms with Crippen molar-refractivity contribution in [2.24, 2.45) is 0 Å². The molecule has 0 unspecified atom stereocenters. The Morgan fingerprint density at radius 3 is 2.11 bits per heavy atom. The minimum atomic E-state index is -3.58. The Bertz CT molecular complexity index is 680. The van der Waals surface area contributed by atoms with Gasteiger partial charge < -0.3 is 0 Å². The molecule has 4 nitrogen and oxygen atoms in total. The molecule has 0 spiro atoms. The molecule has 0 saturated heterocycles. The van der Waals surface area contributed by atoms with Crippen molar-refractivity contribution in [3.05, 3.63) is 51.2 Å². The van der Waals surface area contributed by atoms with Crippen molar-refractivity contribution < 1.29 is 8.42 Å². The van der Waals surface area contributed by atoms with Crippen LogP contribution in [-0.4, -0.2) is 13.4 Å². The molecule has 2 rings (SSSR count). The number of rotatable bonds is 3. The molecule has 0 aliphatic heterocycles. The maximum atomic E-state index is 12.2. The number of benzene rings is 1. The summed E-state index contributed by atoms with van der Waals surface area (Å²) < 4.78 is 27.9. The van der Waals surface area contributed by atoms with Gasteiger partial charge in [-0.05, 0) is 63.0 Å². The van der Waals surface area contributed by atoms with Gasteiger partial charge in [-0.25, -0.2) is 13.4 Å². The molecule has 0 aliphatic carbocycles. The predicted molar refractivity (Wildman–Crippen MR) is 81.6 cm³/mol. The standard InChI is InChI=1S/C12H10Br2N2O2S/c1-8-2-4-10(5-3-8)19(17,18)16-9-6-11(13)15-12(14)7-9/h2-7H,1H3,(H,15,16). The fourth-order valence-corrected chi connectivity index (χ4v) is 3.61. The van der Waals surface area contributed by atoms with Gasteiger partial charge in [-0.3, -0.25) is 4.72 Å². The van der Waals surface area contributed by atoms with Gasteiger partial charge in [-0.2, -0.15) is 0 Å². The van der Waals surface area contributed by atoms with Crippen LogP contribution in [0.3, 0.4) is 0 Å². The van der Waals surface area contributed by atoms with E-state index in [4.69, 9.17) is 0 Å². The van der Waals surface area contributed by atoms with Crippen LogP contribution in [0.2, 0.25) is 0 Å². The van der Waals surface area contributed by atoms with Gasteiger partial charge in [-0.15, -0.1) is 0 Å². The number of hydrogen-bond acceptors (Lipinski definition) is 3. The smallest absolute Gasteiger partial charge is 0.261 e. The fraction of sp³-hybridized carbons (Fsp3) is 0.0833. The number of aromatic nitrogens is 1. The zero-order valence-corrected chi connectivity index (χ0v) is 13.9. The van der Waals surface area contributed by atoms with Gasteiger partial charge in [0.15, 0.2) is 0 Å². The Balaban J connectivity index is 2.33. The number of halogens is 2. The van der Waals surface area contributed by atoms with Crippen LogP contribution in [0.15, 0.2) is 50.5 Å². The highest BCUT2D eigenvalue weighted by Crippen LogP contribution is 2.22. The van der Waals surface area contributed by atoms with Crippen molar-refractivity contribution in [1.82, 2.24) is 4.98 Å². The Kier molecular flexibility index (Phi) is 4.27. The molecular weight excluding hydrogens is 396 g/mol. The second-order valence-corrected chi connectivity index (χ2v) is 7.23. The molecule has 0 amide bonds. The van der Waals surface area contributed by atoms with Crippen LogP contribution < -0.4 is 4.72 Å². The van der Waals surface area contributed by atoms with Crippen molar-refractivity contribution in [3.63, 3.8) is 0 Å². The maximum absolute atomic E-state index is 12.2. The minimum absolute atomic E-state index is 0.224. The summed E-state index contributed by atoms with van der Waals surface area (Å²) >= 11 is 6.42. The molecule has 0 fully saturated rings. The highest BCUT2D eigenvalue weighted by molar-refractivity contribution is 9.11. The number of hydrogen-bond donors (Lipinski definition) is 1. The van der Waals surface area contributed by atoms with Crippen molar-refractivity contribution in [2.45, 2.75) is 11.8 Å². The van der Waals surface area contributed by atoms with E-state index in [0.717, 1.165) is 5.56 Å². The zero-order valence-electron chi connectivity index (χ0n) is 9.89. The first kappa shape index (κ1) is 14.5. The third-order valence-corrected chi connectivity index (χ3v) is 4.56. The van der Waals surface area contributed by atoms with Crippen LogP contribution in [-0.2, 0) is 10.0 Å². The largest absolute Gasteiger partial charge is 0.279 e. The molecule has 0 bridgehead atoms. The maximum Gasteiger partial charge on any atom is 0.261 e. The lowest BCUT2D eigenvalue weighted by Crippen LogP contribution is -2.13. The van der Waals surface area contributed by atoms with Crippen molar-refractivity contribution >= 4 is 47.6 Å². The van der Waals surface area contributed by atoms with Crippen LogP contribution in [0.1, 0.15) is 5.56 Å². The van der Waals surface area contributed by atoms with E-state index < -0.39 is 10.0 Å². The Hall–Kier alpha value is -0.920. The normalized spacial score (nSPS) is 11.3. The summed E-state index contributed by atoms with van der Waals surface area (Å²) in [5.74, 6) is 0. The van der Waals surface area contributed by atoms with E-state index >= 15 is 0 Å². The van der Waals surface area contributed by atoms with E-state index in [1.165, 1.54) is 0 Å². The molecule has 1 heterocycles. The van der Waals surface area contributed by atoms with Crippen LogP contribution >= 0.6 is 31.9 Å². The van der Waals surface area contributed by atoms with Crippen LogP contribution in [0.5, 0.6) is 0 Å². The summed E-state index contributed by atoms with van der Waals surface area (Å²) in [6.45, 7) is 1.90. The molecule has 0 atom stereocenters. The first-order chi connectivity index (χ1) is 8.87. The number of nitrogens with one attached hydrogen (secondary N) is 1. The molecule has 0 radical (unpaired) electrons. The summed E-state index contributed by atoms with van der Waals surface area (Å²) in [4.78, 5) is 4.27. The van der Waals surface area contributed by atoms with E-state index in [0.29, 0.717) is 14.9 Å². The van der Waals surface area contributed by atoms with Gasteiger partial charge in [0.25, 0.3) is 10.0 Å². The number of aryl methyl sites for hydroxylation is 1. The lowest BCUT2D eigenvalue weighted by atomic mass is 10.2. The van der Waals surface area contributed by atoms with Gasteiger partial charge in [-0.1, -0.05) is 17.7 Å². The molecule has 100 valence electrons. The van der Waals surface area contributed by atoms with Crippen molar-refractivity contribution in [1.29, 1.82) is 0 Å². The third-order valence-electron chi connectivity index (χ3n) is 2.35.